The second kappa shape index (κ2) is 10.0. The van der Waals surface area contributed by atoms with Crippen molar-refractivity contribution in [1.82, 2.24) is 3.30 Å². The molecule has 3 rings (SSSR count). The standard InChI is InChI=1S/C9H11NO.C9H7.C2H7Si.2ClH.Hf/c1-6-4-3-5-7(2)8(6)9(10)11;1-2-5-9-7-3-6-8(9)4-1;1-3-2;;;/h3-5H,1-2H3,(H2,10,11);1-7H;3H,1-2H3;2*1H;/q;;;;;+3/p-3. The summed E-state index contributed by atoms with van der Waals surface area (Å²) in [5.41, 5.74) is 5.80. The second-order valence-electron chi connectivity index (χ2n) is 6.80. The molecule has 26 heavy (non-hydrogen) atoms. The van der Waals surface area contributed by atoms with E-state index >= 15 is 0 Å². The van der Waals surface area contributed by atoms with Crippen molar-refractivity contribution in [2.24, 2.45) is 0 Å². The summed E-state index contributed by atoms with van der Waals surface area (Å²) in [6.45, 7) is 8.87. The van der Waals surface area contributed by atoms with E-state index in [1.165, 1.54) is 11.1 Å². The van der Waals surface area contributed by atoms with Gasteiger partial charge in [0.1, 0.15) is 0 Å². The molecule has 1 unspecified atom stereocenters. The van der Waals surface area contributed by atoms with Gasteiger partial charge in [0.15, 0.2) is 0 Å². The van der Waals surface area contributed by atoms with Crippen LogP contribution in [0.4, 0.5) is 0 Å². The van der Waals surface area contributed by atoms with E-state index < -0.39 is 26.9 Å². The van der Waals surface area contributed by atoms with Crippen LogP contribution in [0.5, 0.6) is 0 Å². The van der Waals surface area contributed by atoms with E-state index in [2.05, 4.69) is 52.8 Å². The maximum atomic E-state index is 13.0. The third kappa shape index (κ3) is 4.77. The van der Waals surface area contributed by atoms with Gasteiger partial charge in [-0.3, -0.25) is 0 Å². The van der Waals surface area contributed by atoms with Crippen molar-refractivity contribution in [2.45, 2.75) is 30.6 Å². The van der Waals surface area contributed by atoms with Gasteiger partial charge in [-0.05, 0) is 0 Å². The predicted molar refractivity (Wildman–Crippen MR) is 100 cm³/mol. The molecular formula is C20H24Cl2HfNOSi. The Balaban J connectivity index is 0.00000169. The number of carbonyl (C=O) groups excluding carboxylic acids is 1. The summed E-state index contributed by atoms with van der Waals surface area (Å²) in [4.78, 5) is 13.0. The summed E-state index contributed by atoms with van der Waals surface area (Å²) in [6, 6.07) is 14.7. The first-order chi connectivity index (χ1) is 11.5. The van der Waals surface area contributed by atoms with Crippen LogP contribution in [0, 0.1) is 13.8 Å². The minimum absolute atomic E-state index is 0. The Kier molecular flexibility index (Phi) is 9.00. The number of hydrogen-bond donors (Lipinski definition) is 1. The zero-order valence-corrected chi connectivity index (χ0v) is 21.8. The van der Waals surface area contributed by atoms with Crippen molar-refractivity contribution < 1.29 is 50.5 Å². The summed E-state index contributed by atoms with van der Waals surface area (Å²) in [6.07, 6.45) is 4.59. The number of fused-ring (bicyclic) bond motifs is 1. The molecule has 0 aromatic heterocycles. The fraction of sp³-hybridized carbons (Fsp3) is 0.250. The molecule has 0 heterocycles. The van der Waals surface area contributed by atoms with Crippen molar-refractivity contribution in [3.8, 4) is 0 Å². The van der Waals surface area contributed by atoms with E-state index in [4.69, 9.17) is 0 Å². The molecule has 1 amide bonds. The Bertz CT molecular complexity index is 790. The Hall–Kier alpha value is -0.683. The molecule has 1 aliphatic rings. The number of rotatable bonds is 4. The molecule has 0 spiro atoms. The Morgan fingerprint density at radius 2 is 1.62 bits per heavy atom. The van der Waals surface area contributed by atoms with E-state index in [0.717, 1.165) is 16.7 Å². The van der Waals surface area contributed by atoms with Crippen LogP contribution in [0.25, 0.3) is 6.08 Å². The monoisotopic (exact) mass is 572 g/mol. The molecule has 0 aliphatic heterocycles. The molecule has 0 saturated carbocycles. The summed E-state index contributed by atoms with van der Waals surface area (Å²) < 4.78 is 4.09. The fourth-order valence-corrected chi connectivity index (χ4v) is 24.0. The topological polar surface area (TPSA) is 29.1 Å². The van der Waals surface area contributed by atoms with Crippen LogP contribution >= 0.6 is 0 Å². The van der Waals surface area contributed by atoms with Crippen LogP contribution in [-0.4, -0.2) is 11.9 Å². The van der Waals surface area contributed by atoms with E-state index in [-0.39, 0.29) is 30.7 Å². The van der Waals surface area contributed by atoms with Crippen LogP contribution in [0.1, 0.15) is 36.3 Å². The van der Waals surface area contributed by atoms with E-state index in [1.54, 1.807) is 0 Å². The van der Waals surface area contributed by atoms with Crippen LogP contribution in [0.15, 0.2) is 48.5 Å². The number of amides is 1. The Morgan fingerprint density at radius 3 is 2.23 bits per heavy atom. The van der Waals surface area contributed by atoms with Gasteiger partial charge in [-0.1, -0.05) is 0 Å². The zero-order valence-electron chi connectivity index (χ0n) is 15.5. The minimum atomic E-state index is -2.28. The predicted octanol–water partition coefficient (Wildman–Crippen LogP) is -1.67. The van der Waals surface area contributed by atoms with Gasteiger partial charge in [0.25, 0.3) is 0 Å². The van der Waals surface area contributed by atoms with Gasteiger partial charge in [-0.25, -0.2) is 0 Å². The van der Waals surface area contributed by atoms with Crippen LogP contribution < -0.4 is 28.1 Å². The van der Waals surface area contributed by atoms with Crippen LogP contribution in [0.2, 0.25) is 13.1 Å². The molecule has 137 valence electrons. The first-order valence-electron chi connectivity index (χ1n) is 8.50. The molecule has 0 radical (unpaired) electrons. The van der Waals surface area contributed by atoms with Crippen molar-refractivity contribution in [3.63, 3.8) is 0 Å². The van der Waals surface area contributed by atoms with Gasteiger partial charge in [-0.2, -0.15) is 0 Å². The first kappa shape index (κ1) is 23.4. The molecule has 0 fully saturated rings. The number of benzene rings is 2. The zero-order chi connectivity index (χ0) is 17.3. The van der Waals surface area contributed by atoms with E-state index in [9.17, 15) is 4.79 Å². The number of nitrogens with one attached hydrogen (secondary N) is 1. The molecule has 2 nitrogen and oxygen atoms in total. The third-order valence-corrected chi connectivity index (χ3v) is 29.6. The quantitative estimate of drug-likeness (QED) is 0.437. The number of hydrogen-bond acceptors (Lipinski definition) is 1. The number of carbonyl (C=O) groups is 1. The van der Waals surface area contributed by atoms with Crippen molar-refractivity contribution >= 4 is 18.0 Å². The summed E-state index contributed by atoms with van der Waals surface area (Å²) in [7, 11) is 0. The average molecular weight is 572 g/mol. The molecular weight excluding hydrogens is 548 g/mol. The van der Waals surface area contributed by atoms with E-state index in [0.29, 0.717) is 3.67 Å². The van der Waals surface area contributed by atoms with Gasteiger partial charge in [0.05, 0.1) is 0 Å². The minimum Gasteiger partial charge on any atom is -1.00 e. The Labute approximate surface area is 177 Å². The summed E-state index contributed by atoms with van der Waals surface area (Å²) in [5.74, 6) is -0.720. The number of halogens is 2. The largest absolute Gasteiger partial charge is 1.00 e. The van der Waals surface area contributed by atoms with Crippen molar-refractivity contribution in [3.05, 3.63) is 76.4 Å². The molecule has 6 heteroatoms. The molecule has 2 aromatic rings. The molecule has 1 atom stereocenters. The number of allylic oxidation sites excluding steroid dienone is 1. The van der Waals surface area contributed by atoms with E-state index in [1.807, 2.05) is 32.0 Å². The van der Waals surface area contributed by atoms with Crippen molar-refractivity contribution in [1.29, 1.82) is 0 Å². The van der Waals surface area contributed by atoms with Crippen molar-refractivity contribution in [2.75, 3.05) is 0 Å². The van der Waals surface area contributed by atoms with Gasteiger partial charge in [0.2, 0.25) is 0 Å². The maximum absolute atomic E-state index is 13.0. The van der Waals surface area contributed by atoms with Gasteiger partial charge < -0.3 is 24.8 Å². The van der Waals surface area contributed by atoms with Crippen LogP contribution in [-0.2, 0) is 20.9 Å². The van der Waals surface area contributed by atoms with Gasteiger partial charge >= 0.3 is 154 Å². The third-order valence-electron chi connectivity index (χ3n) is 4.72. The number of aryl methyl sites for hydroxylation is 2. The van der Waals surface area contributed by atoms with Gasteiger partial charge in [0, 0.05) is 0 Å². The maximum Gasteiger partial charge on any atom is -1.00 e. The Morgan fingerprint density at radius 1 is 1.00 bits per heavy atom. The summed E-state index contributed by atoms with van der Waals surface area (Å²) >= 11 is -2.28. The average Bonchev–Trinajstić information content (AvgIpc) is 2.96. The molecule has 0 saturated heterocycles. The molecule has 2 aromatic carbocycles. The smallest absolute Gasteiger partial charge is 1.00 e. The summed E-state index contributed by atoms with van der Waals surface area (Å²) in [5, 5.41) is 0. The normalized spacial score (nSPS) is 14.3. The van der Waals surface area contributed by atoms with Gasteiger partial charge in [-0.15, -0.1) is 0 Å². The molecule has 0 bridgehead atoms. The first-order valence-corrected chi connectivity index (χ1v) is 21.5. The fourth-order valence-electron chi connectivity index (χ4n) is 3.47. The molecule has 1 aliphatic carbocycles. The molecule has 1 N–H and O–H groups in total. The second-order valence-corrected chi connectivity index (χ2v) is 33.0. The van der Waals surface area contributed by atoms with Crippen LogP contribution in [0.3, 0.4) is 0 Å². The SMILES string of the molecule is Cc1cccc(C)c1C(=O)[NH][Hf+2]([CH]1C=Cc2ccccc21)[SiH](C)C.[Cl-].[Cl-].